The molecule has 2 rings (SSSR count). The zero-order valence-electron chi connectivity index (χ0n) is 11.5. The maximum absolute atomic E-state index is 11.9. The molecule has 2 heteroatoms. The van der Waals surface area contributed by atoms with Crippen molar-refractivity contribution in [1.82, 2.24) is 0 Å². The van der Waals surface area contributed by atoms with Gasteiger partial charge in [0, 0.05) is 17.7 Å². The topological polar surface area (TPSA) is 29.1 Å². The highest BCUT2D eigenvalue weighted by atomic mass is 16.1. The molecule has 0 aliphatic heterocycles. The lowest BCUT2D eigenvalue weighted by Crippen LogP contribution is -2.12. The van der Waals surface area contributed by atoms with E-state index < -0.39 is 0 Å². The van der Waals surface area contributed by atoms with E-state index in [1.165, 1.54) is 11.1 Å². The minimum atomic E-state index is 0.00224. The Morgan fingerprint density at radius 1 is 1.20 bits per heavy atom. The Kier molecular flexibility index (Phi) is 4.57. The van der Waals surface area contributed by atoms with E-state index in [0.29, 0.717) is 6.42 Å². The van der Waals surface area contributed by atoms with Crippen LogP contribution in [-0.2, 0) is 11.2 Å². The van der Waals surface area contributed by atoms with Crippen LogP contribution < -0.4 is 5.32 Å². The largest absolute Gasteiger partial charge is 0.326 e. The molecule has 1 N–H and O–H groups in total. The van der Waals surface area contributed by atoms with Gasteiger partial charge in [0.2, 0.25) is 5.91 Å². The van der Waals surface area contributed by atoms with Crippen LogP contribution in [0.25, 0.3) is 0 Å². The maximum atomic E-state index is 11.9. The lowest BCUT2D eigenvalue weighted by atomic mass is 10.0. The van der Waals surface area contributed by atoms with Crippen molar-refractivity contribution in [1.29, 1.82) is 0 Å². The zero-order chi connectivity index (χ0) is 14.4. The van der Waals surface area contributed by atoms with Crippen LogP contribution in [0.4, 0.5) is 5.69 Å². The summed E-state index contributed by atoms with van der Waals surface area (Å²) in [5.41, 5.74) is 3.94. The monoisotopic (exact) mass is 263 g/mol. The minimum absolute atomic E-state index is 0.00224. The summed E-state index contributed by atoms with van der Waals surface area (Å²) in [6, 6.07) is 15.4. The highest BCUT2D eigenvalue weighted by Crippen LogP contribution is 2.12. The van der Waals surface area contributed by atoms with Crippen molar-refractivity contribution in [3.05, 3.63) is 65.2 Å². The van der Waals surface area contributed by atoms with Gasteiger partial charge in [-0.3, -0.25) is 4.79 Å². The zero-order valence-corrected chi connectivity index (χ0v) is 11.5. The number of benzene rings is 2. The quantitative estimate of drug-likeness (QED) is 0.840. The van der Waals surface area contributed by atoms with E-state index in [9.17, 15) is 4.79 Å². The molecule has 0 aliphatic carbocycles. The first-order valence-electron chi connectivity index (χ1n) is 6.60. The smallest absolute Gasteiger partial charge is 0.224 e. The van der Waals surface area contributed by atoms with Crippen molar-refractivity contribution < 1.29 is 4.79 Å². The Labute approximate surface area is 119 Å². The predicted octanol–water partition coefficient (Wildman–Crippen LogP) is 3.55. The molecule has 0 atom stereocenters. The molecule has 0 bridgehead atoms. The number of aryl methyl sites for hydroxylation is 2. The minimum Gasteiger partial charge on any atom is -0.326 e. The predicted molar refractivity (Wildman–Crippen MR) is 82.5 cm³/mol. The second-order valence-electron chi connectivity index (χ2n) is 4.70. The molecule has 2 nitrogen and oxygen atoms in total. The molecule has 0 aliphatic rings. The molecule has 0 saturated carbocycles. The summed E-state index contributed by atoms with van der Waals surface area (Å²) in [5, 5.41) is 2.87. The number of terminal acetylenes is 1. The average Bonchev–Trinajstić information content (AvgIpc) is 2.46. The highest BCUT2D eigenvalue weighted by Gasteiger charge is 2.04. The van der Waals surface area contributed by atoms with Crippen LogP contribution in [0, 0.1) is 19.3 Å². The fourth-order valence-electron chi connectivity index (χ4n) is 2.05. The van der Waals surface area contributed by atoms with Gasteiger partial charge in [-0.25, -0.2) is 0 Å². The SMILES string of the molecule is C#Cc1cccc(NC(=O)CCc2ccccc2C)c1. The molecule has 2 aromatic rings. The van der Waals surface area contributed by atoms with E-state index in [0.717, 1.165) is 17.7 Å². The van der Waals surface area contributed by atoms with Crippen LogP contribution in [0.15, 0.2) is 48.5 Å². The van der Waals surface area contributed by atoms with Gasteiger partial charge in [-0.2, -0.15) is 0 Å². The van der Waals surface area contributed by atoms with Crippen LogP contribution in [0.3, 0.4) is 0 Å². The van der Waals surface area contributed by atoms with Gasteiger partial charge in [0.1, 0.15) is 0 Å². The van der Waals surface area contributed by atoms with Gasteiger partial charge in [0.05, 0.1) is 0 Å². The van der Waals surface area contributed by atoms with Gasteiger partial charge in [-0.05, 0) is 42.7 Å². The fraction of sp³-hybridized carbons (Fsp3) is 0.167. The third-order valence-corrected chi connectivity index (χ3v) is 3.20. The van der Waals surface area contributed by atoms with Crippen molar-refractivity contribution in [2.24, 2.45) is 0 Å². The number of amides is 1. The van der Waals surface area contributed by atoms with Crippen LogP contribution in [0.5, 0.6) is 0 Å². The molecule has 2 aromatic carbocycles. The van der Waals surface area contributed by atoms with E-state index in [1.807, 2.05) is 30.3 Å². The summed E-state index contributed by atoms with van der Waals surface area (Å²) >= 11 is 0. The van der Waals surface area contributed by atoms with Crippen LogP contribution in [-0.4, -0.2) is 5.91 Å². The van der Waals surface area contributed by atoms with Crippen LogP contribution >= 0.6 is 0 Å². The van der Waals surface area contributed by atoms with E-state index in [4.69, 9.17) is 6.42 Å². The number of anilines is 1. The molecule has 0 radical (unpaired) electrons. The molecule has 0 fully saturated rings. The Balaban J connectivity index is 1.93. The van der Waals surface area contributed by atoms with Gasteiger partial charge in [0.15, 0.2) is 0 Å². The highest BCUT2D eigenvalue weighted by molar-refractivity contribution is 5.91. The first-order valence-corrected chi connectivity index (χ1v) is 6.60. The van der Waals surface area contributed by atoms with Crippen LogP contribution in [0.2, 0.25) is 0 Å². The average molecular weight is 263 g/mol. The van der Waals surface area contributed by atoms with Crippen molar-refractivity contribution in [3.63, 3.8) is 0 Å². The summed E-state index contributed by atoms with van der Waals surface area (Å²) < 4.78 is 0. The van der Waals surface area contributed by atoms with Crippen molar-refractivity contribution in [3.8, 4) is 12.3 Å². The van der Waals surface area contributed by atoms with Gasteiger partial charge in [-0.15, -0.1) is 6.42 Å². The van der Waals surface area contributed by atoms with Crippen LogP contribution in [0.1, 0.15) is 23.1 Å². The fourth-order valence-corrected chi connectivity index (χ4v) is 2.05. The summed E-state index contributed by atoms with van der Waals surface area (Å²) in [4.78, 5) is 11.9. The molecule has 1 amide bonds. The molecule has 0 unspecified atom stereocenters. The van der Waals surface area contributed by atoms with Gasteiger partial charge >= 0.3 is 0 Å². The van der Waals surface area contributed by atoms with Crippen molar-refractivity contribution in [2.45, 2.75) is 19.8 Å². The third kappa shape index (κ3) is 3.73. The lowest BCUT2D eigenvalue weighted by Gasteiger charge is -2.07. The van der Waals surface area contributed by atoms with E-state index in [-0.39, 0.29) is 5.91 Å². The van der Waals surface area contributed by atoms with E-state index >= 15 is 0 Å². The van der Waals surface area contributed by atoms with Gasteiger partial charge in [-0.1, -0.05) is 36.3 Å². The second-order valence-corrected chi connectivity index (χ2v) is 4.70. The number of nitrogens with one attached hydrogen (secondary N) is 1. The Hall–Kier alpha value is -2.53. The molecule has 0 aromatic heterocycles. The van der Waals surface area contributed by atoms with Crippen molar-refractivity contribution in [2.75, 3.05) is 5.32 Å². The number of hydrogen-bond donors (Lipinski definition) is 1. The number of hydrogen-bond acceptors (Lipinski definition) is 1. The van der Waals surface area contributed by atoms with E-state index in [2.05, 4.69) is 30.3 Å². The molecule has 0 saturated heterocycles. The maximum Gasteiger partial charge on any atom is 0.224 e. The van der Waals surface area contributed by atoms with Gasteiger partial charge in [0.25, 0.3) is 0 Å². The molecule has 100 valence electrons. The molecular weight excluding hydrogens is 246 g/mol. The first kappa shape index (κ1) is 13.9. The lowest BCUT2D eigenvalue weighted by molar-refractivity contribution is -0.116. The summed E-state index contributed by atoms with van der Waals surface area (Å²) in [7, 11) is 0. The number of carbonyl (C=O) groups excluding carboxylic acids is 1. The molecular formula is C18H17NO. The number of rotatable bonds is 4. The Morgan fingerprint density at radius 3 is 2.75 bits per heavy atom. The summed E-state index contributed by atoms with van der Waals surface area (Å²) in [6.45, 7) is 2.06. The van der Waals surface area contributed by atoms with E-state index in [1.54, 1.807) is 6.07 Å². The first-order chi connectivity index (χ1) is 9.69. The second kappa shape index (κ2) is 6.58. The summed E-state index contributed by atoms with van der Waals surface area (Å²) in [5.74, 6) is 2.56. The third-order valence-electron chi connectivity index (χ3n) is 3.20. The summed E-state index contributed by atoms with van der Waals surface area (Å²) in [6.07, 6.45) is 6.54. The van der Waals surface area contributed by atoms with Crippen molar-refractivity contribution >= 4 is 11.6 Å². The molecule has 20 heavy (non-hydrogen) atoms. The molecule has 0 spiro atoms. The Bertz CT molecular complexity index is 652. The van der Waals surface area contributed by atoms with Gasteiger partial charge < -0.3 is 5.32 Å². The Morgan fingerprint density at radius 2 is 2.00 bits per heavy atom. The standard InChI is InChI=1S/C18H17NO/c1-3-15-8-6-10-17(13-15)19-18(20)12-11-16-9-5-4-7-14(16)2/h1,4-10,13H,11-12H2,2H3,(H,19,20). The normalized spacial score (nSPS) is 9.80. The molecule has 0 heterocycles. The number of carbonyl (C=O) groups is 1.